The fourth-order valence-electron chi connectivity index (χ4n) is 2.44. The van der Waals surface area contributed by atoms with E-state index in [2.05, 4.69) is 19.2 Å². The number of carboxylic acids is 1. The molecule has 1 aromatic rings. The molecule has 0 fully saturated rings. The molecule has 1 heterocycles. The number of carbonyl (C=O) groups is 1. The van der Waals surface area contributed by atoms with Crippen LogP contribution in [0.25, 0.3) is 0 Å². The molecule has 3 heteroatoms. The molecule has 0 spiro atoms. The summed E-state index contributed by atoms with van der Waals surface area (Å²) >= 11 is 0. The first-order valence-electron chi connectivity index (χ1n) is 5.67. The van der Waals surface area contributed by atoms with Gasteiger partial charge in [-0.2, -0.15) is 0 Å². The number of benzene rings is 1. The van der Waals surface area contributed by atoms with Crippen molar-refractivity contribution in [2.75, 3.05) is 11.9 Å². The van der Waals surface area contributed by atoms with Crippen molar-refractivity contribution in [1.29, 1.82) is 0 Å². The van der Waals surface area contributed by atoms with Crippen LogP contribution in [0, 0.1) is 11.8 Å². The number of fused-ring (bicyclic) bond motifs is 1. The zero-order valence-corrected chi connectivity index (χ0v) is 9.60. The molecule has 0 aromatic heterocycles. The van der Waals surface area contributed by atoms with E-state index >= 15 is 0 Å². The smallest absolute Gasteiger partial charge is 0.311 e. The van der Waals surface area contributed by atoms with Gasteiger partial charge >= 0.3 is 5.97 Å². The van der Waals surface area contributed by atoms with Gasteiger partial charge in [0.2, 0.25) is 0 Å². The largest absolute Gasteiger partial charge is 0.481 e. The topological polar surface area (TPSA) is 49.3 Å². The summed E-state index contributed by atoms with van der Waals surface area (Å²) in [7, 11) is 0. The molecular weight excluding hydrogens is 202 g/mol. The number of anilines is 1. The quantitative estimate of drug-likeness (QED) is 0.803. The summed E-state index contributed by atoms with van der Waals surface area (Å²) in [5.74, 6) is -0.570. The molecule has 0 saturated carbocycles. The van der Waals surface area contributed by atoms with E-state index in [0.717, 1.165) is 17.8 Å². The fraction of sp³-hybridized carbons (Fsp3) is 0.462. The Balaban J connectivity index is 2.43. The predicted octanol–water partition coefficient (Wildman–Crippen LogP) is 2.55. The Kier molecular flexibility index (Phi) is 2.86. The van der Waals surface area contributed by atoms with Crippen LogP contribution in [0.5, 0.6) is 0 Å². The van der Waals surface area contributed by atoms with Gasteiger partial charge in [0.05, 0.1) is 5.92 Å². The summed E-state index contributed by atoms with van der Waals surface area (Å²) in [4.78, 5) is 11.4. The van der Waals surface area contributed by atoms with Crippen LogP contribution in [0.4, 0.5) is 5.69 Å². The van der Waals surface area contributed by atoms with Gasteiger partial charge < -0.3 is 10.4 Å². The summed E-state index contributed by atoms with van der Waals surface area (Å²) in [5, 5.41) is 12.7. The summed E-state index contributed by atoms with van der Waals surface area (Å²) in [6.07, 6.45) is 0. The van der Waals surface area contributed by atoms with Gasteiger partial charge in [-0.15, -0.1) is 0 Å². The van der Waals surface area contributed by atoms with Gasteiger partial charge in [0.1, 0.15) is 0 Å². The Morgan fingerprint density at radius 1 is 1.44 bits per heavy atom. The Morgan fingerprint density at radius 2 is 2.12 bits per heavy atom. The lowest BCUT2D eigenvalue weighted by Gasteiger charge is -2.34. The van der Waals surface area contributed by atoms with Crippen LogP contribution < -0.4 is 5.32 Å². The van der Waals surface area contributed by atoms with Crippen LogP contribution in [-0.2, 0) is 4.79 Å². The molecule has 1 aliphatic heterocycles. The van der Waals surface area contributed by atoms with E-state index in [0.29, 0.717) is 5.92 Å². The van der Waals surface area contributed by atoms with Gasteiger partial charge in [0.25, 0.3) is 0 Å². The van der Waals surface area contributed by atoms with Crippen molar-refractivity contribution in [3.63, 3.8) is 0 Å². The normalized spacial score (nSPS) is 23.7. The number of rotatable bonds is 2. The van der Waals surface area contributed by atoms with Crippen LogP contribution in [0.3, 0.4) is 0 Å². The van der Waals surface area contributed by atoms with E-state index in [1.807, 2.05) is 24.3 Å². The van der Waals surface area contributed by atoms with Gasteiger partial charge in [0.15, 0.2) is 0 Å². The minimum Gasteiger partial charge on any atom is -0.481 e. The number of carboxylic acid groups (broad SMARTS) is 1. The maximum atomic E-state index is 11.4. The average Bonchev–Trinajstić information content (AvgIpc) is 2.27. The Hall–Kier alpha value is -1.51. The summed E-state index contributed by atoms with van der Waals surface area (Å²) in [6, 6.07) is 7.69. The lowest BCUT2D eigenvalue weighted by molar-refractivity contribution is -0.140. The molecule has 1 aliphatic rings. The van der Waals surface area contributed by atoms with E-state index in [4.69, 9.17) is 0 Å². The number of nitrogens with one attached hydrogen (secondary N) is 1. The SMILES string of the molecule is CC(C)C1CNc2ccccc2C1C(=O)O. The van der Waals surface area contributed by atoms with Crippen molar-refractivity contribution in [2.45, 2.75) is 19.8 Å². The summed E-state index contributed by atoms with van der Waals surface area (Å²) in [6.45, 7) is 4.90. The van der Waals surface area contributed by atoms with Crippen LogP contribution in [0.15, 0.2) is 24.3 Å². The van der Waals surface area contributed by atoms with E-state index in [1.165, 1.54) is 0 Å². The van der Waals surface area contributed by atoms with Crippen molar-refractivity contribution in [3.05, 3.63) is 29.8 Å². The van der Waals surface area contributed by atoms with Crippen LogP contribution in [-0.4, -0.2) is 17.6 Å². The number of hydrogen-bond acceptors (Lipinski definition) is 2. The fourth-order valence-corrected chi connectivity index (χ4v) is 2.44. The van der Waals surface area contributed by atoms with Gasteiger partial charge in [-0.25, -0.2) is 0 Å². The molecule has 2 N–H and O–H groups in total. The van der Waals surface area contributed by atoms with Gasteiger partial charge in [-0.3, -0.25) is 4.79 Å². The maximum absolute atomic E-state index is 11.4. The lowest BCUT2D eigenvalue weighted by atomic mass is 9.76. The molecule has 16 heavy (non-hydrogen) atoms. The molecule has 0 radical (unpaired) electrons. The molecule has 2 rings (SSSR count). The van der Waals surface area contributed by atoms with Crippen LogP contribution >= 0.6 is 0 Å². The predicted molar refractivity (Wildman–Crippen MR) is 63.6 cm³/mol. The van der Waals surface area contributed by atoms with Crippen molar-refractivity contribution >= 4 is 11.7 Å². The Labute approximate surface area is 95.5 Å². The molecule has 86 valence electrons. The van der Waals surface area contributed by atoms with Crippen molar-refractivity contribution in [2.24, 2.45) is 11.8 Å². The molecule has 3 nitrogen and oxygen atoms in total. The Bertz CT molecular complexity index is 401. The zero-order valence-electron chi connectivity index (χ0n) is 9.60. The molecule has 0 aliphatic carbocycles. The summed E-state index contributed by atoms with van der Waals surface area (Å²) < 4.78 is 0. The molecule has 2 unspecified atom stereocenters. The van der Waals surface area contributed by atoms with E-state index < -0.39 is 5.97 Å². The molecule has 0 amide bonds. The third-order valence-electron chi connectivity index (χ3n) is 3.37. The molecule has 0 bridgehead atoms. The third-order valence-corrected chi connectivity index (χ3v) is 3.37. The number of aliphatic carboxylic acids is 1. The first-order chi connectivity index (χ1) is 7.61. The minimum atomic E-state index is -0.715. The lowest BCUT2D eigenvalue weighted by Crippen LogP contribution is -2.35. The number of para-hydroxylation sites is 1. The highest BCUT2D eigenvalue weighted by Crippen LogP contribution is 2.38. The van der Waals surface area contributed by atoms with Gasteiger partial charge in [0, 0.05) is 12.2 Å². The minimum absolute atomic E-state index is 0.160. The van der Waals surface area contributed by atoms with Crippen LogP contribution in [0.1, 0.15) is 25.3 Å². The monoisotopic (exact) mass is 219 g/mol. The molecule has 2 atom stereocenters. The van der Waals surface area contributed by atoms with Gasteiger partial charge in [-0.05, 0) is 23.5 Å². The third kappa shape index (κ3) is 1.77. The highest BCUT2D eigenvalue weighted by molar-refractivity contribution is 5.80. The van der Waals surface area contributed by atoms with Crippen molar-refractivity contribution < 1.29 is 9.90 Å². The second-order valence-corrected chi connectivity index (χ2v) is 4.69. The zero-order chi connectivity index (χ0) is 11.7. The first-order valence-corrected chi connectivity index (χ1v) is 5.67. The van der Waals surface area contributed by atoms with E-state index in [-0.39, 0.29) is 11.8 Å². The summed E-state index contributed by atoms with van der Waals surface area (Å²) in [5.41, 5.74) is 1.88. The second-order valence-electron chi connectivity index (χ2n) is 4.69. The number of hydrogen-bond donors (Lipinski definition) is 2. The Morgan fingerprint density at radius 3 is 2.75 bits per heavy atom. The average molecular weight is 219 g/mol. The van der Waals surface area contributed by atoms with E-state index in [9.17, 15) is 9.90 Å². The molecular formula is C13H17NO2. The standard InChI is InChI=1S/C13H17NO2/c1-8(2)10-7-14-11-6-4-3-5-9(11)12(10)13(15)16/h3-6,8,10,12,14H,7H2,1-2H3,(H,15,16). The van der Waals surface area contributed by atoms with Crippen LogP contribution in [0.2, 0.25) is 0 Å². The van der Waals surface area contributed by atoms with Gasteiger partial charge in [-0.1, -0.05) is 32.0 Å². The van der Waals surface area contributed by atoms with Crippen molar-refractivity contribution in [3.8, 4) is 0 Å². The van der Waals surface area contributed by atoms with E-state index in [1.54, 1.807) is 0 Å². The first kappa shape index (κ1) is 11.0. The molecule has 0 saturated heterocycles. The highest BCUT2D eigenvalue weighted by Gasteiger charge is 2.36. The second kappa shape index (κ2) is 4.16. The maximum Gasteiger partial charge on any atom is 0.311 e. The highest BCUT2D eigenvalue weighted by atomic mass is 16.4. The van der Waals surface area contributed by atoms with Crippen molar-refractivity contribution in [1.82, 2.24) is 0 Å². The molecule has 1 aromatic carbocycles.